The molecule has 1 aromatic rings. The van der Waals surface area contributed by atoms with E-state index >= 15 is 0 Å². The second-order valence-corrected chi connectivity index (χ2v) is 3.43. The lowest BCUT2D eigenvalue weighted by Crippen LogP contribution is -2.02. The average Bonchev–Trinajstić information content (AvgIpc) is 2.26. The third kappa shape index (κ3) is 3.27. The number of benzene rings is 1. The fraction of sp³-hybridized carbons (Fsp3) is 0.273. The van der Waals surface area contributed by atoms with Gasteiger partial charge in [0.2, 0.25) is 0 Å². The van der Waals surface area contributed by atoms with Crippen molar-refractivity contribution in [2.75, 3.05) is 0 Å². The molecule has 0 amide bonds. The lowest BCUT2D eigenvalue weighted by atomic mass is 10.1. The highest BCUT2D eigenvalue weighted by molar-refractivity contribution is 5.98. The average molecular weight is 221 g/mol. The molecule has 0 aromatic heterocycles. The molecular weight excluding hydrogens is 210 g/mol. The van der Waals surface area contributed by atoms with Crippen LogP contribution in [0.1, 0.15) is 30.1 Å². The third-order valence-electron chi connectivity index (χ3n) is 2.08. The number of non-ortho nitro benzene ring substituents is 1. The van der Waals surface area contributed by atoms with Gasteiger partial charge in [-0.25, -0.2) is 0 Å². The molecule has 5 nitrogen and oxygen atoms in total. The molecule has 0 bridgehead atoms. The molecule has 0 N–H and O–H groups in total. The summed E-state index contributed by atoms with van der Waals surface area (Å²) in [6.07, 6.45) is 0.262. The lowest BCUT2D eigenvalue weighted by molar-refractivity contribution is -0.384. The van der Waals surface area contributed by atoms with Crippen molar-refractivity contribution in [2.45, 2.75) is 19.8 Å². The predicted molar refractivity (Wildman–Crippen MR) is 57.3 cm³/mol. The van der Waals surface area contributed by atoms with E-state index in [0.29, 0.717) is 0 Å². The molecule has 0 heterocycles. The summed E-state index contributed by atoms with van der Waals surface area (Å²) >= 11 is 0. The van der Waals surface area contributed by atoms with Gasteiger partial charge in [0, 0.05) is 30.5 Å². The van der Waals surface area contributed by atoms with E-state index in [-0.39, 0.29) is 35.7 Å². The van der Waals surface area contributed by atoms with E-state index in [0.717, 1.165) is 0 Å². The maximum Gasteiger partial charge on any atom is 0.270 e. The SMILES string of the molecule is CC(=O)CCC(=O)c1cccc([N+](=O)[O-])c1. The molecule has 84 valence electrons. The van der Waals surface area contributed by atoms with E-state index in [1.54, 1.807) is 0 Å². The van der Waals surface area contributed by atoms with Crippen molar-refractivity contribution in [3.63, 3.8) is 0 Å². The molecule has 0 saturated carbocycles. The van der Waals surface area contributed by atoms with Gasteiger partial charge >= 0.3 is 0 Å². The summed E-state index contributed by atoms with van der Waals surface area (Å²) in [5.41, 5.74) is 0.157. The van der Waals surface area contributed by atoms with Crippen molar-refractivity contribution in [1.82, 2.24) is 0 Å². The van der Waals surface area contributed by atoms with Crippen molar-refractivity contribution in [2.24, 2.45) is 0 Å². The zero-order chi connectivity index (χ0) is 12.1. The minimum Gasteiger partial charge on any atom is -0.300 e. The molecule has 0 unspecified atom stereocenters. The Balaban J connectivity index is 2.79. The molecule has 0 saturated heterocycles. The first-order valence-electron chi connectivity index (χ1n) is 4.78. The summed E-state index contributed by atoms with van der Waals surface area (Å²) in [6, 6.07) is 5.51. The number of nitro benzene ring substituents is 1. The molecule has 0 spiro atoms. The summed E-state index contributed by atoms with van der Waals surface area (Å²) < 4.78 is 0. The maximum absolute atomic E-state index is 11.5. The standard InChI is InChI=1S/C11H11NO4/c1-8(13)5-6-11(14)9-3-2-4-10(7-9)12(15)16/h2-4,7H,5-6H2,1H3. The Labute approximate surface area is 92.2 Å². The molecule has 0 aliphatic heterocycles. The first-order chi connectivity index (χ1) is 7.50. The van der Waals surface area contributed by atoms with E-state index in [1.165, 1.54) is 31.2 Å². The molecule has 0 aliphatic rings. The van der Waals surface area contributed by atoms with Crippen LogP contribution in [0.3, 0.4) is 0 Å². The zero-order valence-corrected chi connectivity index (χ0v) is 8.80. The van der Waals surface area contributed by atoms with Crippen LogP contribution < -0.4 is 0 Å². The van der Waals surface area contributed by atoms with Crippen molar-refractivity contribution < 1.29 is 14.5 Å². The Kier molecular flexibility index (Phi) is 3.88. The van der Waals surface area contributed by atoms with E-state index in [9.17, 15) is 19.7 Å². The van der Waals surface area contributed by atoms with Crippen LogP contribution in [-0.2, 0) is 4.79 Å². The number of Topliss-reactive ketones (excluding diaryl/α,β-unsaturated/α-hetero) is 2. The Hall–Kier alpha value is -2.04. The molecule has 0 aliphatic carbocycles. The van der Waals surface area contributed by atoms with Crippen molar-refractivity contribution in [3.05, 3.63) is 39.9 Å². The van der Waals surface area contributed by atoms with Crippen LogP contribution in [0.2, 0.25) is 0 Å². The number of nitro groups is 1. The highest BCUT2D eigenvalue weighted by atomic mass is 16.6. The van der Waals surface area contributed by atoms with Crippen LogP contribution in [0.5, 0.6) is 0 Å². The number of rotatable bonds is 5. The minimum absolute atomic E-state index is 0.0706. The van der Waals surface area contributed by atoms with Crippen LogP contribution in [0.25, 0.3) is 0 Å². The normalized spacial score (nSPS) is 9.81. The molecule has 0 fully saturated rings. The smallest absolute Gasteiger partial charge is 0.270 e. The van der Waals surface area contributed by atoms with Crippen LogP contribution in [0.15, 0.2) is 24.3 Å². The second kappa shape index (κ2) is 5.16. The van der Waals surface area contributed by atoms with Crippen molar-refractivity contribution >= 4 is 17.3 Å². The first kappa shape index (κ1) is 12.0. The fourth-order valence-electron chi connectivity index (χ4n) is 1.23. The van der Waals surface area contributed by atoms with Gasteiger partial charge in [-0.15, -0.1) is 0 Å². The van der Waals surface area contributed by atoms with Crippen LogP contribution in [0, 0.1) is 10.1 Å². The largest absolute Gasteiger partial charge is 0.300 e. The zero-order valence-electron chi connectivity index (χ0n) is 8.80. The summed E-state index contributed by atoms with van der Waals surface area (Å²) in [7, 11) is 0. The Morgan fingerprint density at radius 3 is 2.56 bits per heavy atom. The maximum atomic E-state index is 11.5. The highest BCUT2D eigenvalue weighted by Gasteiger charge is 2.11. The number of nitrogens with zero attached hydrogens (tertiary/aromatic N) is 1. The molecule has 0 radical (unpaired) electrons. The van der Waals surface area contributed by atoms with Gasteiger partial charge in [0.05, 0.1) is 4.92 Å². The van der Waals surface area contributed by atoms with Crippen LogP contribution in [0.4, 0.5) is 5.69 Å². The van der Waals surface area contributed by atoms with Gasteiger partial charge in [-0.3, -0.25) is 14.9 Å². The summed E-state index contributed by atoms with van der Waals surface area (Å²) in [6.45, 7) is 1.40. The van der Waals surface area contributed by atoms with Crippen LogP contribution in [-0.4, -0.2) is 16.5 Å². The summed E-state index contributed by atoms with van der Waals surface area (Å²) in [4.78, 5) is 32.2. The van der Waals surface area contributed by atoms with Gasteiger partial charge in [0.25, 0.3) is 5.69 Å². The predicted octanol–water partition coefficient (Wildman–Crippen LogP) is 2.15. The fourth-order valence-corrected chi connectivity index (χ4v) is 1.23. The number of carbonyl (C=O) groups is 2. The van der Waals surface area contributed by atoms with Gasteiger partial charge in [0.15, 0.2) is 5.78 Å². The van der Waals surface area contributed by atoms with E-state index in [1.807, 2.05) is 0 Å². The van der Waals surface area contributed by atoms with Gasteiger partial charge < -0.3 is 4.79 Å². The van der Waals surface area contributed by atoms with Gasteiger partial charge in [-0.05, 0) is 6.92 Å². The number of carbonyl (C=O) groups excluding carboxylic acids is 2. The highest BCUT2D eigenvalue weighted by Crippen LogP contribution is 2.15. The lowest BCUT2D eigenvalue weighted by Gasteiger charge is -1.99. The number of hydrogen-bond donors (Lipinski definition) is 0. The minimum atomic E-state index is -0.554. The monoisotopic (exact) mass is 221 g/mol. The second-order valence-electron chi connectivity index (χ2n) is 3.43. The van der Waals surface area contributed by atoms with Crippen molar-refractivity contribution in [3.8, 4) is 0 Å². The molecule has 5 heteroatoms. The Morgan fingerprint density at radius 1 is 1.31 bits per heavy atom. The van der Waals surface area contributed by atoms with E-state index in [2.05, 4.69) is 0 Å². The Morgan fingerprint density at radius 2 is 2.00 bits per heavy atom. The molecule has 16 heavy (non-hydrogen) atoms. The van der Waals surface area contributed by atoms with Crippen molar-refractivity contribution in [1.29, 1.82) is 0 Å². The number of ketones is 2. The van der Waals surface area contributed by atoms with Crippen LogP contribution >= 0.6 is 0 Å². The van der Waals surface area contributed by atoms with Gasteiger partial charge in [-0.2, -0.15) is 0 Å². The van der Waals surface area contributed by atoms with E-state index in [4.69, 9.17) is 0 Å². The summed E-state index contributed by atoms with van der Waals surface area (Å²) in [5.74, 6) is -0.322. The molecule has 1 aromatic carbocycles. The third-order valence-corrected chi connectivity index (χ3v) is 2.08. The topological polar surface area (TPSA) is 77.3 Å². The molecule has 0 atom stereocenters. The first-order valence-corrected chi connectivity index (χ1v) is 4.78. The quantitative estimate of drug-likeness (QED) is 0.433. The van der Waals surface area contributed by atoms with E-state index < -0.39 is 4.92 Å². The van der Waals surface area contributed by atoms with Gasteiger partial charge in [-0.1, -0.05) is 12.1 Å². The number of hydrogen-bond acceptors (Lipinski definition) is 4. The molecule has 1 rings (SSSR count). The Bertz CT molecular complexity index is 439. The summed E-state index contributed by atoms with van der Waals surface area (Å²) in [5, 5.41) is 10.5. The van der Waals surface area contributed by atoms with Gasteiger partial charge in [0.1, 0.15) is 5.78 Å². The molecular formula is C11H11NO4.